The molecule has 0 unspecified atom stereocenters. The van der Waals surface area contributed by atoms with Crippen LogP contribution < -0.4 is 5.32 Å². The molecule has 0 aliphatic carbocycles. The smallest absolute Gasteiger partial charge is 0.331 e. The van der Waals surface area contributed by atoms with Gasteiger partial charge in [-0.15, -0.1) is 0 Å². The Morgan fingerprint density at radius 3 is 2.52 bits per heavy atom. The van der Waals surface area contributed by atoms with Crippen molar-refractivity contribution in [2.75, 3.05) is 11.9 Å². The molecule has 1 aromatic heterocycles. The Balaban J connectivity index is 1.60. The third kappa shape index (κ3) is 5.20. The van der Waals surface area contributed by atoms with Gasteiger partial charge in [0.05, 0.1) is 17.1 Å². The number of carbonyl (C=O) groups excluding carboxylic acids is 2. The number of amides is 1. The number of para-hydroxylation sites is 2. The minimum Gasteiger partial charge on any atom is -0.452 e. The van der Waals surface area contributed by atoms with E-state index in [1.54, 1.807) is 18.2 Å². The highest BCUT2D eigenvalue weighted by Gasteiger charge is 2.12. The van der Waals surface area contributed by atoms with Crippen LogP contribution in [0.15, 0.2) is 65.1 Å². The molecule has 7 heteroatoms. The molecular formula is C22H20BrN3O3. The van der Waals surface area contributed by atoms with E-state index < -0.39 is 11.9 Å². The predicted octanol–water partition coefficient (Wildman–Crippen LogP) is 4.45. The summed E-state index contributed by atoms with van der Waals surface area (Å²) < 4.78 is 7.60. The third-order valence-corrected chi connectivity index (χ3v) is 4.92. The maximum Gasteiger partial charge on any atom is 0.331 e. The molecule has 1 N–H and O–H groups in total. The van der Waals surface area contributed by atoms with Crippen LogP contribution in [0.1, 0.15) is 17.0 Å². The van der Waals surface area contributed by atoms with E-state index in [4.69, 9.17) is 4.74 Å². The second-order valence-electron chi connectivity index (χ2n) is 6.30. The van der Waals surface area contributed by atoms with Gasteiger partial charge in [0.15, 0.2) is 6.61 Å². The quantitative estimate of drug-likeness (QED) is 0.442. The van der Waals surface area contributed by atoms with Crippen LogP contribution in [0.5, 0.6) is 0 Å². The molecule has 1 amide bonds. The van der Waals surface area contributed by atoms with Crippen LogP contribution >= 0.6 is 15.9 Å². The Morgan fingerprint density at radius 1 is 1.10 bits per heavy atom. The average Bonchev–Trinajstić information content (AvgIpc) is 3.01. The summed E-state index contributed by atoms with van der Waals surface area (Å²) in [5.41, 5.74) is 4.10. The van der Waals surface area contributed by atoms with Gasteiger partial charge in [0.1, 0.15) is 0 Å². The first-order valence-electron chi connectivity index (χ1n) is 8.96. The van der Waals surface area contributed by atoms with Gasteiger partial charge >= 0.3 is 5.97 Å². The number of carbonyl (C=O) groups is 2. The summed E-state index contributed by atoms with van der Waals surface area (Å²) in [6, 6.07) is 17.0. The number of nitrogens with one attached hydrogen (secondary N) is 1. The zero-order valence-corrected chi connectivity index (χ0v) is 17.6. The molecule has 6 nitrogen and oxygen atoms in total. The lowest BCUT2D eigenvalue weighted by atomic mass is 10.2. The summed E-state index contributed by atoms with van der Waals surface area (Å²) in [5, 5.41) is 7.21. The van der Waals surface area contributed by atoms with Crippen LogP contribution in [-0.2, 0) is 14.3 Å². The maximum atomic E-state index is 12.0. The number of hydrogen-bond donors (Lipinski definition) is 1. The lowest BCUT2D eigenvalue weighted by molar-refractivity contribution is -0.142. The van der Waals surface area contributed by atoms with Crippen molar-refractivity contribution in [3.63, 3.8) is 0 Å². The molecule has 0 spiro atoms. The van der Waals surface area contributed by atoms with Gasteiger partial charge in [-0.3, -0.25) is 4.79 Å². The molecule has 0 saturated heterocycles. The van der Waals surface area contributed by atoms with Gasteiger partial charge in [0.2, 0.25) is 0 Å². The van der Waals surface area contributed by atoms with Crippen molar-refractivity contribution in [1.82, 2.24) is 9.78 Å². The fourth-order valence-electron chi connectivity index (χ4n) is 2.80. The largest absolute Gasteiger partial charge is 0.452 e. The Bertz CT molecular complexity index is 1060. The number of ether oxygens (including phenoxy) is 1. The molecule has 148 valence electrons. The van der Waals surface area contributed by atoms with E-state index in [9.17, 15) is 9.59 Å². The van der Waals surface area contributed by atoms with Crippen LogP contribution in [0.4, 0.5) is 5.69 Å². The number of nitrogens with zero attached hydrogens (tertiary/aromatic N) is 2. The second-order valence-corrected chi connectivity index (χ2v) is 7.16. The Labute approximate surface area is 177 Å². The highest BCUT2D eigenvalue weighted by atomic mass is 79.9. The number of anilines is 1. The van der Waals surface area contributed by atoms with Gasteiger partial charge in [-0.1, -0.05) is 30.3 Å². The Hall–Kier alpha value is -3.19. The summed E-state index contributed by atoms with van der Waals surface area (Å²) in [6.07, 6.45) is 2.96. The predicted molar refractivity (Wildman–Crippen MR) is 116 cm³/mol. The highest BCUT2D eigenvalue weighted by molar-refractivity contribution is 9.10. The molecule has 0 atom stereocenters. The molecule has 3 aromatic rings. The molecule has 0 fully saturated rings. The highest BCUT2D eigenvalue weighted by Crippen LogP contribution is 2.21. The van der Waals surface area contributed by atoms with E-state index in [1.165, 1.54) is 6.08 Å². The molecule has 0 radical (unpaired) electrons. The van der Waals surface area contributed by atoms with E-state index in [-0.39, 0.29) is 6.61 Å². The minimum atomic E-state index is -0.599. The molecule has 0 aliphatic rings. The van der Waals surface area contributed by atoms with Gasteiger partial charge in [-0.25, -0.2) is 9.48 Å². The van der Waals surface area contributed by atoms with Crippen molar-refractivity contribution in [3.05, 3.63) is 82.1 Å². The zero-order chi connectivity index (χ0) is 20.8. The van der Waals surface area contributed by atoms with Crippen molar-refractivity contribution in [2.24, 2.45) is 0 Å². The normalized spacial score (nSPS) is 10.9. The first-order valence-corrected chi connectivity index (χ1v) is 9.76. The van der Waals surface area contributed by atoms with E-state index in [0.717, 1.165) is 27.1 Å². The summed E-state index contributed by atoms with van der Waals surface area (Å²) in [5.74, 6) is -1.01. The van der Waals surface area contributed by atoms with Gasteiger partial charge in [0, 0.05) is 21.8 Å². The Morgan fingerprint density at radius 2 is 1.79 bits per heavy atom. The van der Waals surface area contributed by atoms with Crippen molar-refractivity contribution < 1.29 is 14.3 Å². The lowest BCUT2D eigenvalue weighted by Gasteiger charge is -2.07. The van der Waals surface area contributed by atoms with Crippen LogP contribution in [0.2, 0.25) is 0 Å². The van der Waals surface area contributed by atoms with Crippen molar-refractivity contribution >= 4 is 39.6 Å². The van der Waals surface area contributed by atoms with E-state index >= 15 is 0 Å². The van der Waals surface area contributed by atoms with E-state index in [0.29, 0.717) is 5.69 Å². The summed E-state index contributed by atoms with van der Waals surface area (Å²) >= 11 is 3.35. The number of aryl methyl sites for hydroxylation is 1. The Kier molecular flexibility index (Phi) is 6.61. The van der Waals surface area contributed by atoms with E-state index in [2.05, 4.69) is 26.3 Å². The standard InChI is InChI=1S/C22H20BrN3O3/c1-15-18(16(2)26(25-15)17-8-4-3-5-9-17)12-13-22(28)29-14-21(27)24-20-11-7-6-10-19(20)23/h3-13H,14H2,1-2H3,(H,24,27)/b13-12+. The first-order chi connectivity index (χ1) is 14.0. The molecule has 2 aromatic carbocycles. The summed E-state index contributed by atoms with van der Waals surface area (Å²) in [4.78, 5) is 24.0. The van der Waals surface area contributed by atoms with Crippen molar-refractivity contribution in [3.8, 4) is 5.69 Å². The van der Waals surface area contributed by atoms with Gasteiger partial charge < -0.3 is 10.1 Å². The third-order valence-electron chi connectivity index (χ3n) is 4.23. The monoisotopic (exact) mass is 453 g/mol. The van der Waals surface area contributed by atoms with Gasteiger partial charge in [0.25, 0.3) is 5.91 Å². The zero-order valence-electron chi connectivity index (χ0n) is 16.1. The van der Waals surface area contributed by atoms with E-state index in [1.807, 2.05) is 61.0 Å². The van der Waals surface area contributed by atoms with Crippen molar-refractivity contribution in [2.45, 2.75) is 13.8 Å². The minimum absolute atomic E-state index is 0.369. The van der Waals surface area contributed by atoms with Crippen LogP contribution in [0.25, 0.3) is 11.8 Å². The maximum absolute atomic E-state index is 12.0. The second kappa shape index (κ2) is 9.34. The molecule has 29 heavy (non-hydrogen) atoms. The number of aromatic nitrogens is 2. The number of rotatable bonds is 6. The number of benzene rings is 2. The first kappa shape index (κ1) is 20.5. The van der Waals surface area contributed by atoms with Crippen molar-refractivity contribution in [1.29, 1.82) is 0 Å². The molecule has 1 heterocycles. The van der Waals surface area contributed by atoms with Gasteiger partial charge in [-0.2, -0.15) is 5.10 Å². The fourth-order valence-corrected chi connectivity index (χ4v) is 3.19. The molecule has 0 saturated carbocycles. The summed E-state index contributed by atoms with van der Waals surface area (Å²) in [6.45, 7) is 3.44. The molecule has 0 bridgehead atoms. The number of halogens is 1. The average molecular weight is 454 g/mol. The SMILES string of the molecule is Cc1nn(-c2ccccc2)c(C)c1/C=C/C(=O)OCC(=O)Nc1ccccc1Br. The topological polar surface area (TPSA) is 73.2 Å². The number of esters is 1. The molecule has 0 aliphatic heterocycles. The number of hydrogen-bond acceptors (Lipinski definition) is 4. The van der Waals surface area contributed by atoms with Crippen LogP contribution in [0.3, 0.4) is 0 Å². The molecule has 3 rings (SSSR count). The van der Waals surface area contributed by atoms with Gasteiger partial charge in [-0.05, 0) is 60.1 Å². The lowest BCUT2D eigenvalue weighted by Crippen LogP contribution is -2.20. The molecular weight excluding hydrogens is 434 g/mol. The van der Waals surface area contributed by atoms with Crippen LogP contribution in [-0.4, -0.2) is 28.3 Å². The van der Waals surface area contributed by atoms with Crippen LogP contribution in [0, 0.1) is 13.8 Å². The fraction of sp³-hybridized carbons (Fsp3) is 0.136. The summed E-state index contributed by atoms with van der Waals surface area (Å²) in [7, 11) is 0.